The van der Waals surface area contributed by atoms with Crippen molar-refractivity contribution in [1.29, 1.82) is 0 Å². The van der Waals surface area contributed by atoms with Gasteiger partial charge in [0.15, 0.2) is 0 Å². The Balaban J connectivity index is 3.18. The maximum absolute atomic E-state index is 10.6. The van der Waals surface area contributed by atoms with E-state index in [9.17, 15) is 9.59 Å². The molecule has 4 nitrogen and oxygen atoms in total. The van der Waals surface area contributed by atoms with Crippen molar-refractivity contribution in [2.24, 2.45) is 0 Å². The molecule has 0 saturated carbocycles. The zero-order valence-electron chi connectivity index (χ0n) is 8.14. The van der Waals surface area contributed by atoms with E-state index in [1.165, 1.54) is 0 Å². The molecule has 0 aromatic heterocycles. The van der Waals surface area contributed by atoms with Crippen LogP contribution in [0.5, 0.6) is 0 Å². The minimum atomic E-state index is -0.453. The maximum atomic E-state index is 10.6. The number of carbonyl (C=O) groups is 2. The summed E-state index contributed by atoms with van der Waals surface area (Å²) >= 11 is 2.11. The lowest BCUT2D eigenvalue weighted by molar-refractivity contribution is -0.128. The van der Waals surface area contributed by atoms with Gasteiger partial charge >= 0.3 is 11.9 Å². The van der Waals surface area contributed by atoms with Gasteiger partial charge in [-0.15, -0.1) is 0 Å². The van der Waals surface area contributed by atoms with Crippen LogP contribution in [0.1, 0.15) is 6.42 Å². The van der Waals surface area contributed by atoms with Crippen molar-refractivity contribution < 1.29 is 18.0 Å². The highest BCUT2D eigenvalue weighted by atomic mass is 32.2. The first-order valence-corrected chi connectivity index (χ1v) is 5.94. The molecule has 84 valence electrons. The molecule has 6 heteroatoms. The van der Waals surface area contributed by atoms with Gasteiger partial charge in [0.1, 0.15) is 0 Å². The SMILES string of the molecule is C=CC(=O)OSCCCSOC(=O)C=C. The first-order valence-electron chi connectivity index (χ1n) is 4.12. The zero-order chi connectivity index (χ0) is 11.5. The topological polar surface area (TPSA) is 52.6 Å². The molecule has 0 N–H and O–H groups in total. The summed E-state index contributed by atoms with van der Waals surface area (Å²) in [5.74, 6) is 0.396. The number of carbonyl (C=O) groups excluding carboxylic acids is 2. The van der Waals surface area contributed by atoms with Crippen molar-refractivity contribution >= 4 is 36.0 Å². The summed E-state index contributed by atoms with van der Waals surface area (Å²) in [6.45, 7) is 6.52. The Bertz CT molecular complexity index is 216. The fourth-order valence-corrected chi connectivity index (χ4v) is 1.69. The molecule has 0 aliphatic heterocycles. The van der Waals surface area contributed by atoms with E-state index in [2.05, 4.69) is 21.5 Å². The molecule has 15 heavy (non-hydrogen) atoms. The summed E-state index contributed by atoms with van der Waals surface area (Å²) in [7, 11) is 0. The van der Waals surface area contributed by atoms with Crippen molar-refractivity contribution in [2.45, 2.75) is 6.42 Å². The van der Waals surface area contributed by atoms with Gasteiger partial charge in [0.05, 0.1) is 24.1 Å². The van der Waals surface area contributed by atoms with Crippen LogP contribution in [-0.2, 0) is 18.0 Å². The quantitative estimate of drug-likeness (QED) is 0.372. The third-order valence-electron chi connectivity index (χ3n) is 1.07. The lowest BCUT2D eigenvalue weighted by Crippen LogP contribution is -1.96. The van der Waals surface area contributed by atoms with E-state index in [0.717, 1.165) is 42.7 Å². The van der Waals surface area contributed by atoms with Crippen LogP contribution in [0.15, 0.2) is 25.3 Å². The third-order valence-corrected chi connectivity index (χ3v) is 2.55. The summed E-state index contributed by atoms with van der Waals surface area (Å²) in [6.07, 6.45) is 2.98. The predicted octanol–water partition coefficient (Wildman–Crippen LogP) is 2.13. The summed E-state index contributed by atoms with van der Waals surface area (Å²) in [4.78, 5) is 21.2. The Kier molecular flexibility index (Phi) is 9.10. The Morgan fingerprint density at radius 2 is 1.40 bits per heavy atom. The summed E-state index contributed by atoms with van der Waals surface area (Å²) in [5, 5.41) is 0. The lowest BCUT2D eigenvalue weighted by atomic mass is 10.6. The smallest absolute Gasteiger partial charge is 0.342 e. The minimum Gasteiger partial charge on any atom is -0.388 e. The lowest BCUT2D eigenvalue weighted by Gasteiger charge is -2.00. The van der Waals surface area contributed by atoms with Crippen molar-refractivity contribution in [3.63, 3.8) is 0 Å². The molecule has 0 unspecified atom stereocenters. The fourth-order valence-electron chi connectivity index (χ4n) is 0.444. The van der Waals surface area contributed by atoms with Crippen molar-refractivity contribution in [3.8, 4) is 0 Å². The Morgan fingerprint density at radius 3 is 1.73 bits per heavy atom. The van der Waals surface area contributed by atoms with Gasteiger partial charge in [-0.1, -0.05) is 13.2 Å². The number of hydrogen-bond acceptors (Lipinski definition) is 6. The molecular formula is C9H12O4S2. The maximum Gasteiger partial charge on any atom is 0.342 e. The zero-order valence-corrected chi connectivity index (χ0v) is 9.77. The highest BCUT2D eigenvalue weighted by Crippen LogP contribution is 2.10. The third kappa shape index (κ3) is 9.42. The largest absolute Gasteiger partial charge is 0.388 e. The van der Waals surface area contributed by atoms with Crippen LogP contribution < -0.4 is 0 Å². The Morgan fingerprint density at radius 1 is 1.00 bits per heavy atom. The number of hydrogen-bond donors (Lipinski definition) is 0. The van der Waals surface area contributed by atoms with Crippen LogP contribution in [0.3, 0.4) is 0 Å². The first kappa shape index (κ1) is 14.1. The van der Waals surface area contributed by atoms with Crippen molar-refractivity contribution in [1.82, 2.24) is 0 Å². The molecule has 0 bridgehead atoms. The van der Waals surface area contributed by atoms with Crippen LogP contribution in [0, 0.1) is 0 Å². The normalized spacial score (nSPS) is 9.07. The molecule has 0 atom stereocenters. The fraction of sp³-hybridized carbons (Fsp3) is 0.333. The number of rotatable bonds is 8. The van der Waals surface area contributed by atoms with Gasteiger partial charge in [-0.05, 0) is 6.42 Å². The average molecular weight is 248 g/mol. The van der Waals surface area contributed by atoms with E-state index in [4.69, 9.17) is 0 Å². The molecule has 0 heterocycles. The highest BCUT2D eigenvalue weighted by Gasteiger charge is 1.99. The van der Waals surface area contributed by atoms with Crippen molar-refractivity contribution in [2.75, 3.05) is 11.5 Å². The molecule has 0 spiro atoms. The highest BCUT2D eigenvalue weighted by molar-refractivity contribution is 7.95. The van der Waals surface area contributed by atoms with E-state index < -0.39 is 11.9 Å². The van der Waals surface area contributed by atoms with Gasteiger partial charge in [-0.25, -0.2) is 9.59 Å². The molecule has 0 fully saturated rings. The van der Waals surface area contributed by atoms with Crippen LogP contribution in [0.25, 0.3) is 0 Å². The molecule has 0 saturated heterocycles. The van der Waals surface area contributed by atoms with E-state index >= 15 is 0 Å². The average Bonchev–Trinajstić information content (AvgIpc) is 2.26. The molecule has 0 amide bonds. The van der Waals surface area contributed by atoms with Gasteiger partial charge in [0.25, 0.3) is 0 Å². The Labute approximate surface area is 97.5 Å². The van der Waals surface area contributed by atoms with Crippen LogP contribution in [0.4, 0.5) is 0 Å². The standard InChI is InChI=1S/C9H12O4S2/c1-3-8(10)12-14-6-5-7-15-13-9(11)4-2/h3-4H,1-2,5-7H2. The molecule has 0 radical (unpaired) electrons. The van der Waals surface area contributed by atoms with Crippen molar-refractivity contribution in [3.05, 3.63) is 25.3 Å². The molecular weight excluding hydrogens is 236 g/mol. The second-order valence-electron chi connectivity index (χ2n) is 2.21. The molecule has 0 aromatic rings. The molecule has 0 aliphatic rings. The summed E-state index contributed by atoms with van der Waals surface area (Å²) < 4.78 is 9.33. The summed E-state index contributed by atoms with van der Waals surface area (Å²) in [6, 6.07) is 0. The van der Waals surface area contributed by atoms with E-state index in [-0.39, 0.29) is 0 Å². The van der Waals surface area contributed by atoms with E-state index in [1.807, 2.05) is 0 Å². The van der Waals surface area contributed by atoms with Gasteiger partial charge in [-0.2, -0.15) is 0 Å². The van der Waals surface area contributed by atoms with E-state index in [1.54, 1.807) is 0 Å². The minimum absolute atomic E-state index is 0.453. The van der Waals surface area contributed by atoms with Gasteiger partial charge in [-0.3, -0.25) is 0 Å². The van der Waals surface area contributed by atoms with Crippen LogP contribution >= 0.6 is 24.1 Å². The van der Waals surface area contributed by atoms with Crippen LogP contribution in [0.2, 0.25) is 0 Å². The van der Waals surface area contributed by atoms with Gasteiger partial charge < -0.3 is 8.37 Å². The van der Waals surface area contributed by atoms with Gasteiger partial charge in [0, 0.05) is 23.7 Å². The molecule has 0 rings (SSSR count). The van der Waals surface area contributed by atoms with Crippen LogP contribution in [-0.4, -0.2) is 23.4 Å². The summed E-state index contributed by atoms with van der Waals surface area (Å²) in [5.41, 5.74) is 0. The second-order valence-corrected chi connectivity index (χ2v) is 3.83. The molecule has 0 aromatic carbocycles. The predicted molar refractivity (Wildman–Crippen MR) is 62.1 cm³/mol. The van der Waals surface area contributed by atoms with Gasteiger partial charge in [0.2, 0.25) is 0 Å². The van der Waals surface area contributed by atoms with E-state index in [0.29, 0.717) is 11.5 Å². The monoisotopic (exact) mass is 248 g/mol. The first-order chi connectivity index (χ1) is 7.20. The second kappa shape index (κ2) is 9.67. The molecule has 0 aliphatic carbocycles. The Hall–Kier alpha value is -0.880.